The Kier molecular flexibility index (Phi) is 6.72. The third kappa shape index (κ3) is 5.71. The second kappa shape index (κ2) is 9.43. The van der Waals surface area contributed by atoms with Gasteiger partial charge in [0.05, 0.1) is 0 Å². The maximum absolute atomic E-state index is 12.3. The Morgan fingerprint density at radius 2 is 1.76 bits per heavy atom. The van der Waals surface area contributed by atoms with E-state index in [1.165, 1.54) is 11.5 Å². The van der Waals surface area contributed by atoms with Crippen LogP contribution in [0.15, 0.2) is 64.4 Å². The molecule has 0 fully saturated rings. The third-order valence-electron chi connectivity index (χ3n) is 4.22. The van der Waals surface area contributed by atoms with Gasteiger partial charge in [-0.25, -0.2) is 0 Å². The molecule has 0 saturated heterocycles. The largest absolute Gasteiger partial charge is 0.457 e. The summed E-state index contributed by atoms with van der Waals surface area (Å²) in [5.74, 6) is 2.27. The fourth-order valence-electron chi connectivity index (χ4n) is 3.02. The highest BCUT2D eigenvalue weighted by Crippen LogP contribution is 2.26. The van der Waals surface area contributed by atoms with Gasteiger partial charge in [-0.3, -0.25) is 14.2 Å². The minimum absolute atomic E-state index is 0.0524. The number of hydrogen-bond donors (Lipinski definition) is 3. The van der Waals surface area contributed by atoms with Crippen LogP contribution in [0.3, 0.4) is 0 Å². The summed E-state index contributed by atoms with van der Waals surface area (Å²) in [6.45, 7) is 6.28. The predicted molar refractivity (Wildman–Crippen MR) is 121 cm³/mol. The van der Waals surface area contributed by atoms with Crippen molar-refractivity contribution in [1.82, 2.24) is 4.37 Å². The minimum atomic E-state index is -0.237. The van der Waals surface area contributed by atoms with Crippen molar-refractivity contribution in [3.05, 3.63) is 70.5 Å². The molecule has 0 aliphatic carbocycles. The zero-order valence-corrected chi connectivity index (χ0v) is 17.6. The second-order valence-electron chi connectivity index (χ2n) is 7.29. The van der Waals surface area contributed by atoms with Gasteiger partial charge in [-0.05, 0) is 67.2 Å². The summed E-state index contributed by atoms with van der Waals surface area (Å²) in [4.78, 5) is 16.8. The van der Waals surface area contributed by atoms with Crippen LogP contribution in [0.1, 0.15) is 32.8 Å². The van der Waals surface area contributed by atoms with E-state index in [-0.39, 0.29) is 17.4 Å². The van der Waals surface area contributed by atoms with Crippen LogP contribution in [-0.4, -0.2) is 16.3 Å². The van der Waals surface area contributed by atoms with E-state index in [0.29, 0.717) is 16.5 Å². The van der Waals surface area contributed by atoms with Gasteiger partial charge in [0.2, 0.25) is 0 Å². The van der Waals surface area contributed by atoms with Crippen molar-refractivity contribution in [3.8, 4) is 11.5 Å². The molecule has 29 heavy (non-hydrogen) atoms. The van der Waals surface area contributed by atoms with Crippen molar-refractivity contribution in [2.24, 2.45) is 16.6 Å². The highest BCUT2D eigenvalue weighted by molar-refractivity contribution is 7.10. The van der Waals surface area contributed by atoms with Gasteiger partial charge in [0.1, 0.15) is 27.9 Å². The van der Waals surface area contributed by atoms with Crippen molar-refractivity contribution in [2.45, 2.75) is 33.2 Å². The Balaban J connectivity index is 1.74. The first-order valence-corrected chi connectivity index (χ1v) is 10.4. The van der Waals surface area contributed by atoms with Crippen LogP contribution in [-0.2, 0) is 0 Å². The van der Waals surface area contributed by atoms with E-state index in [0.717, 1.165) is 23.6 Å². The van der Waals surface area contributed by atoms with E-state index in [2.05, 4.69) is 28.5 Å². The first-order chi connectivity index (χ1) is 13.9. The van der Waals surface area contributed by atoms with Crippen molar-refractivity contribution in [3.63, 3.8) is 0 Å². The van der Waals surface area contributed by atoms with E-state index in [4.69, 9.17) is 10.5 Å². The Morgan fingerprint density at radius 1 is 1.10 bits per heavy atom. The average molecular weight is 411 g/mol. The number of hydrogen-bond acceptors (Lipinski definition) is 5. The van der Waals surface area contributed by atoms with Crippen LogP contribution >= 0.6 is 11.5 Å². The molecular formula is C22H26N4O2S. The lowest BCUT2D eigenvalue weighted by atomic mass is 10.1. The van der Waals surface area contributed by atoms with Gasteiger partial charge >= 0.3 is 0 Å². The first-order valence-electron chi connectivity index (χ1n) is 9.57. The molecule has 7 heteroatoms. The van der Waals surface area contributed by atoms with E-state index >= 15 is 0 Å². The molecule has 1 heterocycles. The molecular weight excluding hydrogens is 384 g/mol. The fraction of sp³-hybridized carbons (Fsp3) is 0.273. The molecule has 0 saturated carbocycles. The zero-order chi connectivity index (χ0) is 20.8. The van der Waals surface area contributed by atoms with Crippen LogP contribution in [0.2, 0.25) is 0 Å². The summed E-state index contributed by atoms with van der Waals surface area (Å²) >= 11 is 1.21. The molecule has 3 rings (SSSR count). The first kappa shape index (κ1) is 20.7. The molecule has 1 atom stereocenters. The summed E-state index contributed by atoms with van der Waals surface area (Å²) in [6.07, 6.45) is 0.911. The Bertz CT molecular complexity index is 1010. The fourth-order valence-corrected chi connectivity index (χ4v) is 3.79. The van der Waals surface area contributed by atoms with Crippen LogP contribution in [0.25, 0.3) is 0 Å². The number of aliphatic imine (C=N–C) groups is 1. The van der Waals surface area contributed by atoms with E-state index < -0.39 is 0 Å². The lowest BCUT2D eigenvalue weighted by Gasteiger charge is -2.11. The number of nitrogens with one attached hydrogen (secondary N) is 2. The molecule has 1 unspecified atom stereocenters. The lowest BCUT2D eigenvalue weighted by Crippen LogP contribution is -2.24. The summed E-state index contributed by atoms with van der Waals surface area (Å²) in [7, 11) is 0. The number of rotatable bonds is 8. The molecule has 6 nitrogen and oxygen atoms in total. The molecule has 152 valence electrons. The van der Waals surface area contributed by atoms with Crippen molar-refractivity contribution in [1.29, 1.82) is 0 Å². The van der Waals surface area contributed by atoms with E-state index in [9.17, 15) is 4.79 Å². The number of amidine groups is 1. The van der Waals surface area contributed by atoms with E-state index in [1.54, 1.807) is 0 Å². The highest BCUT2D eigenvalue weighted by Gasteiger charge is 2.16. The van der Waals surface area contributed by atoms with Crippen LogP contribution in [0.4, 0.5) is 10.7 Å². The summed E-state index contributed by atoms with van der Waals surface area (Å²) in [5, 5.41) is 3.89. The van der Waals surface area contributed by atoms with Gasteiger partial charge in [0, 0.05) is 11.7 Å². The van der Waals surface area contributed by atoms with Gasteiger partial charge in [-0.1, -0.05) is 32.0 Å². The molecule has 2 aromatic carbocycles. The molecule has 0 aliphatic rings. The van der Waals surface area contributed by atoms with Gasteiger partial charge < -0.3 is 15.8 Å². The number of ether oxygens (including phenoxy) is 1. The standard InChI is InChI=1S/C22H26N4O2S/c1-14(2)13-15(3)24-20(23)19-21(27)26-29-22(19)25-16-9-11-18(12-10-16)28-17-7-5-4-6-8-17/h4-12,14-15,25H,13H2,1-3H3,(H2,23,24)(H,26,27). The number of para-hydroxylation sites is 1. The molecule has 4 N–H and O–H groups in total. The average Bonchev–Trinajstić information content (AvgIpc) is 3.03. The quantitative estimate of drug-likeness (QED) is 0.355. The molecule has 0 radical (unpaired) electrons. The number of H-pyrrole nitrogens is 1. The molecule has 0 aliphatic heterocycles. The van der Waals surface area contributed by atoms with Crippen molar-refractivity contribution < 1.29 is 4.74 Å². The van der Waals surface area contributed by atoms with E-state index in [1.807, 2.05) is 61.5 Å². The topological polar surface area (TPSA) is 92.5 Å². The monoisotopic (exact) mass is 410 g/mol. The summed E-state index contributed by atoms with van der Waals surface area (Å²) < 4.78 is 8.54. The number of aromatic amines is 1. The summed E-state index contributed by atoms with van der Waals surface area (Å²) in [5.41, 5.74) is 7.13. The van der Waals surface area contributed by atoms with Crippen molar-refractivity contribution >= 4 is 28.1 Å². The van der Waals surface area contributed by atoms with Gasteiger partial charge in [0.15, 0.2) is 0 Å². The third-order valence-corrected chi connectivity index (χ3v) is 5.02. The maximum Gasteiger partial charge on any atom is 0.271 e. The number of anilines is 2. The Morgan fingerprint density at radius 3 is 2.41 bits per heavy atom. The van der Waals surface area contributed by atoms with Crippen LogP contribution in [0, 0.1) is 5.92 Å². The Hall–Kier alpha value is -3.06. The van der Waals surface area contributed by atoms with Crippen LogP contribution in [0.5, 0.6) is 11.5 Å². The SMILES string of the molecule is CC(C)CC(C)N=C(N)c1c(Nc2ccc(Oc3ccccc3)cc2)s[nH]c1=O. The number of aromatic nitrogens is 1. The molecule has 0 amide bonds. The smallest absolute Gasteiger partial charge is 0.271 e. The zero-order valence-electron chi connectivity index (χ0n) is 16.8. The number of nitrogens with two attached hydrogens (primary N) is 1. The number of nitrogens with zero attached hydrogens (tertiary/aromatic N) is 1. The predicted octanol–water partition coefficient (Wildman–Crippen LogP) is 5.11. The van der Waals surface area contributed by atoms with Gasteiger partial charge in [-0.15, -0.1) is 0 Å². The Labute approximate surface area is 174 Å². The van der Waals surface area contributed by atoms with Crippen molar-refractivity contribution in [2.75, 3.05) is 5.32 Å². The highest BCUT2D eigenvalue weighted by atomic mass is 32.1. The molecule has 3 aromatic rings. The lowest BCUT2D eigenvalue weighted by molar-refractivity contribution is 0.483. The molecule has 0 bridgehead atoms. The number of benzene rings is 2. The summed E-state index contributed by atoms with van der Waals surface area (Å²) in [6, 6.07) is 17.2. The van der Waals surface area contributed by atoms with Gasteiger partial charge in [0.25, 0.3) is 5.56 Å². The maximum atomic E-state index is 12.3. The molecule has 1 aromatic heterocycles. The minimum Gasteiger partial charge on any atom is -0.457 e. The molecule has 0 spiro atoms. The second-order valence-corrected chi connectivity index (χ2v) is 8.11. The van der Waals surface area contributed by atoms with Crippen LogP contribution < -0.4 is 21.3 Å². The van der Waals surface area contributed by atoms with Gasteiger partial charge in [-0.2, -0.15) is 0 Å². The normalized spacial score (nSPS) is 12.8.